The van der Waals surface area contributed by atoms with Crippen LogP contribution in [-0.4, -0.2) is 23.3 Å². The molecule has 0 saturated carbocycles. The number of furan rings is 1. The van der Waals surface area contributed by atoms with Crippen molar-refractivity contribution in [3.05, 3.63) is 48.0 Å². The maximum absolute atomic E-state index is 13.0. The van der Waals surface area contributed by atoms with Gasteiger partial charge in [-0.15, -0.1) is 0 Å². The summed E-state index contributed by atoms with van der Waals surface area (Å²) >= 11 is 0. The first kappa shape index (κ1) is 14.8. The van der Waals surface area contributed by atoms with Gasteiger partial charge in [-0.2, -0.15) is 5.10 Å². The molecule has 1 aromatic heterocycles. The van der Waals surface area contributed by atoms with Gasteiger partial charge in [0.25, 0.3) is 0 Å². The highest BCUT2D eigenvalue weighted by molar-refractivity contribution is 5.77. The summed E-state index contributed by atoms with van der Waals surface area (Å²) in [7, 11) is 0. The van der Waals surface area contributed by atoms with Crippen LogP contribution in [0.25, 0.3) is 11.3 Å². The molecule has 2 aromatic rings. The molecule has 1 aliphatic heterocycles. The van der Waals surface area contributed by atoms with Gasteiger partial charge in [0.1, 0.15) is 17.3 Å². The predicted molar refractivity (Wildman–Crippen MR) is 86.3 cm³/mol. The third-order valence-electron chi connectivity index (χ3n) is 4.22. The first-order chi connectivity index (χ1) is 10.6. The molecular weight excluding hydrogens is 279 g/mol. The first-order valence-corrected chi connectivity index (χ1v) is 7.81. The summed E-state index contributed by atoms with van der Waals surface area (Å²) in [6.45, 7) is 4.41. The lowest BCUT2D eigenvalue weighted by Crippen LogP contribution is -2.39. The molecular formula is C18H21FN2O. The Kier molecular flexibility index (Phi) is 4.27. The van der Waals surface area contributed by atoms with E-state index >= 15 is 0 Å². The molecule has 2 atom stereocenters. The van der Waals surface area contributed by atoms with Crippen molar-refractivity contribution in [2.45, 2.75) is 45.2 Å². The van der Waals surface area contributed by atoms with Crippen LogP contribution < -0.4 is 0 Å². The largest absolute Gasteiger partial charge is 0.455 e. The molecule has 116 valence electrons. The van der Waals surface area contributed by atoms with Crippen LogP contribution >= 0.6 is 0 Å². The highest BCUT2D eigenvalue weighted by Crippen LogP contribution is 2.24. The monoisotopic (exact) mass is 300 g/mol. The highest BCUT2D eigenvalue weighted by Gasteiger charge is 2.22. The molecule has 1 aromatic carbocycles. The normalized spacial score (nSPS) is 22.4. The smallest absolute Gasteiger partial charge is 0.147 e. The minimum atomic E-state index is -0.245. The number of rotatable bonds is 3. The number of benzene rings is 1. The van der Waals surface area contributed by atoms with Crippen molar-refractivity contribution in [2.24, 2.45) is 5.10 Å². The summed E-state index contributed by atoms with van der Waals surface area (Å²) < 4.78 is 18.7. The summed E-state index contributed by atoms with van der Waals surface area (Å²) in [5.74, 6) is 1.19. The molecule has 1 fully saturated rings. The molecule has 1 aliphatic rings. The van der Waals surface area contributed by atoms with Gasteiger partial charge in [-0.1, -0.05) is 0 Å². The van der Waals surface area contributed by atoms with Gasteiger partial charge in [0, 0.05) is 17.6 Å². The quantitative estimate of drug-likeness (QED) is 0.770. The Balaban J connectivity index is 1.73. The molecule has 0 spiro atoms. The van der Waals surface area contributed by atoms with E-state index in [0.29, 0.717) is 17.8 Å². The Hall–Kier alpha value is -2.10. The zero-order chi connectivity index (χ0) is 15.5. The van der Waals surface area contributed by atoms with Gasteiger partial charge in [0.05, 0.1) is 6.21 Å². The van der Waals surface area contributed by atoms with Crippen molar-refractivity contribution >= 4 is 6.21 Å². The van der Waals surface area contributed by atoms with Crippen molar-refractivity contribution in [3.63, 3.8) is 0 Å². The van der Waals surface area contributed by atoms with Crippen LogP contribution in [-0.2, 0) is 0 Å². The topological polar surface area (TPSA) is 28.7 Å². The number of hydrogen-bond donors (Lipinski definition) is 0. The van der Waals surface area contributed by atoms with Crippen molar-refractivity contribution in [3.8, 4) is 11.3 Å². The number of hydrazone groups is 1. The highest BCUT2D eigenvalue weighted by atomic mass is 19.1. The van der Waals surface area contributed by atoms with Gasteiger partial charge in [-0.3, -0.25) is 5.01 Å². The second kappa shape index (κ2) is 6.34. The van der Waals surface area contributed by atoms with Crippen molar-refractivity contribution < 1.29 is 8.81 Å². The lowest BCUT2D eigenvalue weighted by molar-refractivity contribution is 0.109. The maximum Gasteiger partial charge on any atom is 0.147 e. The fourth-order valence-corrected chi connectivity index (χ4v) is 2.95. The Bertz CT molecular complexity index is 637. The second-order valence-electron chi connectivity index (χ2n) is 5.96. The van der Waals surface area contributed by atoms with E-state index in [4.69, 9.17) is 4.42 Å². The van der Waals surface area contributed by atoms with E-state index in [-0.39, 0.29) is 5.82 Å². The molecule has 1 saturated heterocycles. The summed E-state index contributed by atoms with van der Waals surface area (Å²) in [5, 5.41) is 6.75. The molecule has 3 rings (SSSR count). The van der Waals surface area contributed by atoms with E-state index in [1.54, 1.807) is 18.3 Å². The number of nitrogens with zero attached hydrogens (tertiary/aromatic N) is 2. The molecule has 4 heteroatoms. The fraction of sp³-hybridized carbons (Fsp3) is 0.389. The average Bonchev–Trinajstić information content (AvgIpc) is 2.96. The SMILES string of the molecule is CC1CCCC(C)N1/N=C/c1ccc(-c2ccc(F)cc2)o1. The summed E-state index contributed by atoms with van der Waals surface area (Å²) in [6.07, 6.45) is 5.40. The molecule has 2 unspecified atom stereocenters. The second-order valence-corrected chi connectivity index (χ2v) is 5.96. The Labute approximate surface area is 130 Å². The van der Waals surface area contributed by atoms with Crippen LogP contribution in [0.15, 0.2) is 45.9 Å². The van der Waals surface area contributed by atoms with Crippen LogP contribution in [0, 0.1) is 5.82 Å². The maximum atomic E-state index is 13.0. The predicted octanol–water partition coefficient (Wildman–Crippen LogP) is 4.68. The lowest BCUT2D eigenvalue weighted by Gasteiger charge is -2.36. The van der Waals surface area contributed by atoms with E-state index in [2.05, 4.69) is 24.0 Å². The van der Waals surface area contributed by atoms with Gasteiger partial charge in [0.2, 0.25) is 0 Å². The van der Waals surface area contributed by atoms with Gasteiger partial charge >= 0.3 is 0 Å². The summed E-state index contributed by atoms with van der Waals surface area (Å²) in [6, 6.07) is 11.0. The van der Waals surface area contributed by atoms with Gasteiger partial charge < -0.3 is 4.42 Å². The molecule has 0 radical (unpaired) electrons. The standard InChI is InChI=1S/C18H21FN2O/c1-13-4-3-5-14(2)21(13)20-12-17-10-11-18(22-17)15-6-8-16(19)9-7-15/h6-14H,3-5H2,1-2H3/b20-12+. The summed E-state index contributed by atoms with van der Waals surface area (Å²) in [5.41, 5.74) is 0.862. The van der Waals surface area contributed by atoms with E-state index in [1.807, 2.05) is 12.1 Å². The van der Waals surface area contributed by atoms with Gasteiger partial charge in [-0.25, -0.2) is 4.39 Å². The van der Waals surface area contributed by atoms with E-state index < -0.39 is 0 Å². The molecule has 2 heterocycles. The lowest BCUT2D eigenvalue weighted by atomic mass is 10.00. The minimum absolute atomic E-state index is 0.245. The average molecular weight is 300 g/mol. The number of halogens is 1. The fourth-order valence-electron chi connectivity index (χ4n) is 2.95. The van der Waals surface area contributed by atoms with E-state index in [9.17, 15) is 4.39 Å². The Morgan fingerprint density at radius 2 is 1.77 bits per heavy atom. The third-order valence-corrected chi connectivity index (χ3v) is 4.22. The molecule has 0 amide bonds. The van der Waals surface area contributed by atoms with Crippen molar-refractivity contribution in [1.29, 1.82) is 0 Å². The van der Waals surface area contributed by atoms with Crippen LogP contribution in [0.5, 0.6) is 0 Å². The van der Waals surface area contributed by atoms with Crippen molar-refractivity contribution in [2.75, 3.05) is 0 Å². The van der Waals surface area contributed by atoms with E-state index in [1.165, 1.54) is 31.4 Å². The summed E-state index contributed by atoms with van der Waals surface area (Å²) in [4.78, 5) is 0. The number of hydrogen-bond acceptors (Lipinski definition) is 3. The van der Waals surface area contributed by atoms with Crippen LogP contribution in [0.3, 0.4) is 0 Å². The zero-order valence-electron chi connectivity index (χ0n) is 13.0. The first-order valence-electron chi connectivity index (χ1n) is 7.81. The molecule has 0 bridgehead atoms. The molecule has 0 aliphatic carbocycles. The Morgan fingerprint density at radius 1 is 1.09 bits per heavy atom. The van der Waals surface area contributed by atoms with Gasteiger partial charge in [-0.05, 0) is 69.5 Å². The van der Waals surface area contributed by atoms with Gasteiger partial charge in [0.15, 0.2) is 0 Å². The Morgan fingerprint density at radius 3 is 2.45 bits per heavy atom. The third kappa shape index (κ3) is 3.21. The van der Waals surface area contributed by atoms with Crippen LogP contribution in [0.1, 0.15) is 38.9 Å². The molecule has 0 N–H and O–H groups in total. The number of piperidine rings is 1. The van der Waals surface area contributed by atoms with E-state index in [0.717, 1.165) is 11.3 Å². The van der Waals surface area contributed by atoms with Crippen LogP contribution in [0.2, 0.25) is 0 Å². The van der Waals surface area contributed by atoms with Crippen LogP contribution in [0.4, 0.5) is 4.39 Å². The van der Waals surface area contributed by atoms with Crippen molar-refractivity contribution in [1.82, 2.24) is 5.01 Å². The molecule has 22 heavy (non-hydrogen) atoms. The molecule has 3 nitrogen and oxygen atoms in total. The minimum Gasteiger partial charge on any atom is -0.455 e. The zero-order valence-corrected chi connectivity index (χ0v) is 13.0.